The average Bonchev–Trinajstić information content (AvgIpc) is 2.69. The third kappa shape index (κ3) is 5.01. The number of carbonyl (C=O) groups is 2. The summed E-state index contributed by atoms with van der Waals surface area (Å²) in [7, 11) is 0. The topological polar surface area (TPSA) is 58.2 Å². The van der Waals surface area contributed by atoms with E-state index in [2.05, 4.69) is 10.6 Å². The van der Waals surface area contributed by atoms with Crippen LogP contribution in [-0.2, 0) is 9.59 Å². The molecule has 3 aromatic rings. The van der Waals surface area contributed by atoms with Gasteiger partial charge >= 0.3 is 11.8 Å². The molecule has 3 aromatic carbocycles. The first-order valence-corrected chi connectivity index (χ1v) is 8.58. The number of nitrogens with one attached hydrogen (secondary N) is 2. The highest BCUT2D eigenvalue weighted by molar-refractivity contribution is 6.39. The highest BCUT2D eigenvalue weighted by atomic mass is 19.1. The molecule has 0 unspecified atom stereocenters. The first-order chi connectivity index (χ1) is 13.1. The summed E-state index contributed by atoms with van der Waals surface area (Å²) >= 11 is 0. The van der Waals surface area contributed by atoms with Gasteiger partial charge in [-0.05, 0) is 29.3 Å². The summed E-state index contributed by atoms with van der Waals surface area (Å²) in [4.78, 5) is 24.2. The molecule has 0 saturated heterocycles. The van der Waals surface area contributed by atoms with E-state index >= 15 is 0 Å². The molecule has 136 valence electrons. The van der Waals surface area contributed by atoms with Gasteiger partial charge in [0.05, 0.1) is 0 Å². The summed E-state index contributed by atoms with van der Waals surface area (Å²) in [5.41, 5.74) is 2.31. The zero-order valence-electron chi connectivity index (χ0n) is 14.6. The number of amides is 2. The van der Waals surface area contributed by atoms with Crippen molar-refractivity contribution in [3.05, 3.63) is 102 Å². The molecule has 5 heteroatoms. The Bertz CT molecular complexity index is 874. The van der Waals surface area contributed by atoms with Crippen LogP contribution in [0.2, 0.25) is 0 Å². The fourth-order valence-corrected chi connectivity index (χ4v) is 2.83. The van der Waals surface area contributed by atoms with Crippen molar-refractivity contribution in [1.82, 2.24) is 5.32 Å². The van der Waals surface area contributed by atoms with Gasteiger partial charge in [-0.1, -0.05) is 66.7 Å². The van der Waals surface area contributed by atoms with E-state index < -0.39 is 17.6 Å². The molecule has 0 fully saturated rings. The number of rotatable bonds is 5. The number of halogens is 1. The lowest BCUT2D eigenvalue weighted by molar-refractivity contribution is -0.136. The van der Waals surface area contributed by atoms with E-state index in [4.69, 9.17) is 0 Å². The molecule has 0 aliphatic rings. The molecule has 0 aromatic heterocycles. The first kappa shape index (κ1) is 18.3. The minimum Gasteiger partial charge on any atom is -0.347 e. The van der Waals surface area contributed by atoms with Crippen LogP contribution >= 0.6 is 0 Å². The number of hydrogen-bond acceptors (Lipinski definition) is 2. The Balaban J connectivity index is 1.68. The van der Waals surface area contributed by atoms with E-state index in [0.29, 0.717) is 0 Å². The Morgan fingerprint density at radius 2 is 1.37 bits per heavy atom. The quantitative estimate of drug-likeness (QED) is 0.680. The maximum atomic E-state index is 13.2. The third-order valence-electron chi connectivity index (χ3n) is 4.16. The normalized spacial score (nSPS) is 10.4. The van der Waals surface area contributed by atoms with Crippen LogP contribution in [0.25, 0.3) is 0 Å². The van der Waals surface area contributed by atoms with Gasteiger partial charge in [0.2, 0.25) is 0 Å². The van der Waals surface area contributed by atoms with Gasteiger partial charge in [0.25, 0.3) is 0 Å². The van der Waals surface area contributed by atoms with Crippen LogP contribution in [0.15, 0.2) is 84.9 Å². The molecule has 2 N–H and O–H groups in total. The molecule has 0 spiro atoms. The Morgan fingerprint density at radius 1 is 0.778 bits per heavy atom. The Morgan fingerprint density at radius 3 is 1.93 bits per heavy atom. The second kappa shape index (κ2) is 8.76. The highest BCUT2D eigenvalue weighted by Crippen LogP contribution is 2.23. The summed E-state index contributed by atoms with van der Waals surface area (Å²) in [6.07, 6.45) is 0. The van der Waals surface area contributed by atoms with Gasteiger partial charge in [0.1, 0.15) is 5.82 Å². The van der Waals surface area contributed by atoms with Gasteiger partial charge in [0, 0.05) is 18.2 Å². The van der Waals surface area contributed by atoms with E-state index in [1.807, 2.05) is 60.7 Å². The van der Waals surface area contributed by atoms with E-state index in [1.165, 1.54) is 18.2 Å². The monoisotopic (exact) mass is 362 g/mol. The van der Waals surface area contributed by atoms with Gasteiger partial charge in [-0.2, -0.15) is 0 Å². The van der Waals surface area contributed by atoms with Crippen molar-refractivity contribution in [1.29, 1.82) is 0 Å². The molecule has 4 nitrogen and oxygen atoms in total. The minimum absolute atomic E-state index is 0.0849. The van der Waals surface area contributed by atoms with E-state index in [-0.39, 0.29) is 18.2 Å². The van der Waals surface area contributed by atoms with E-state index in [1.54, 1.807) is 0 Å². The molecule has 27 heavy (non-hydrogen) atoms. The second-order valence-corrected chi connectivity index (χ2v) is 6.05. The maximum Gasteiger partial charge on any atom is 0.313 e. The van der Waals surface area contributed by atoms with Gasteiger partial charge in [-0.25, -0.2) is 4.39 Å². The van der Waals surface area contributed by atoms with Gasteiger partial charge < -0.3 is 10.6 Å². The molecule has 0 aliphatic carbocycles. The molecule has 2 amide bonds. The van der Waals surface area contributed by atoms with Crippen molar-refractivity contribution < 1.29 is 14.0 Å². The van der Waals surface area contributed by atoms with Gasteiger partial charge in [0.15, 0.2) is 0 Å². The first-order valence-electron chi connectivity index (χ1n) is 8.58. The summed E-state index contributed by atoms with van der Waals surface area (Å²) in [6.45, 7) is 0.267. The summed E-state index contributed by atoms with van der Waals surface area (Å²) in [6, 6.07) is 24.9. The smallest absolute Gasteiger partial charge is 0.313 e. The molecular formula is C22H19FN2O2. The van der Waals surface area contributed by atoms with E-state index in [0.717, 1.165) is 17.2 Å². The van der Waals surface area contributed by atoms with Crippen LogP contribution < -0.4 is 10.6 Å². The summed E-state index contributed by atoms with van der Waals surface area (Å²) in [5.74, 6) is -2.17. The molecule has 0 bridgehead atoms. The predicted octanol–water partition coefficient (Wildman–Crippen LogP) is 3.71. The molecule has 0 radical (unpaired) electrons. The van der Waals surface area contributed by atoms with Gasteiger partial charge in [-0.15, -0.1) is 0 Å². The SMILES string of the molecule is O=C(NCC(c1ccccc1)c1ccccc1)C(=O)Nc1cccc(F)c1. The Labute approximate surface area is 157 Å². The largest absolute Gasteiger partial charge is 0.347 e. The number of benzene rings is 3. The fourth-order valence-electron chi connectivity index (χ4n) is 2.83. The number of carbonyl (C=O) groups excluding carboxylic acids is 2. The lowest BCUT2D eigenvalue weighted by Gasteiger charge is -2.18. The maximum absolute atomic E-state index is 13.2. The van der Waals surface area contributed by atoms with Crippen LogP contribution in [0.5, 0.6) is 0 Å². The lowest BCUT2D eigenvalue weighted by atomic mass is 9.91. The van der Waals surface area contributed by atoms with Crippen molar-refractivity contribution in [2.24, 2.45) is 0 Å². The molecule has 3 rings (SSSR count). The average molecular weight is 362 g/mol. The lowest BCUT2D eigenvalue weighted by Crippen LogP contribution is -2.37. The third-order valence-corrected chi connectivity index (χ3v) is 4.16. The van der Waals surface area contributed by atoms with Gasteiger partial charge in [-0.3, -0.25) is 9.59 Å². The molecule has 0 heterocycles. The molecule has 0 saturated carbocycles. The zero-order valence-corrected chi connectivity index (χ0v) is 14.6. The Kier molecular flexibility index (Phi) is 5.94. The summed E-state index contributed by atoms with van der Waals surface area (Å²) in [5, 5.41) is 5.06. The zero-order chi connectivity index (χ0) is 19.1. The van der Waals surface area contributed by atoms with Crippen LogP contribution in [0, 0.1) is 5.82 Å². The summed E-state index contributed by atoms with van der Waals surface area (Å²) < 4.78 is 13.2. The molecule has 0 aliphatic heterocycles. The Hall–Kier alpha value is -3.47. The van der Waals surface area contributed by atoms with Crippen molar-refractivity contribution >= 4 is 17.5 Å². The van der Waals surface area contributed by atoms with Crippen molar-refractivity contribution in [2.75, 3.05) is 11.9 Å². The van der Waals surface area contributed by atoms with Crippen LogP contribution in [0.3, 0.4) is 0 Å². The number of hydrogen-bond donors (Lipinski definition) is 2. The van der Waals surface area contributed by atoms with E-state index in [9.17, 15) is 14.0 Å². The van der Waals surface area contributed by atoms with Crippen LogP contribution in [0.4, 0.5) is 10.1 Å². The molecule has 0 atom stereocenters. The van der Waals surface area contributed by atoms with Crippen molar-refractivity contribution in [3.8, 4) is 0 Å². The fraction of sp³-hybridized carbons (Fsp3) is 0.0909. The molecular weight excluding hydrogens is 343 g/mol. The van der Waals surface area contributed by atoms with Crippen molar-refractivity contribution in [2.45, 2.75) is 5.92 Å². The van der Waals surface area contributed by atoms with Crippen LogP contribution in [0.1, 0.15) is 17.0 Å². The predicted molar refractivity (Wildman–Crippen MR) is 103 cm³/mol. The highest BCUT2D eigenvalue weighted by Gasteiger charge is 2.18. The number of anilines is 1. The second-order valence-electron chi connectivity index (χ2n) is 6.05. The standard InChI is InChI=1S/C22H19FN2O2/c23-18-12-7-13-19(14-18)25-22(27)21(26)24-15-20(16-8-3-1-4-9-16)17-10-5-2-6-11-17/h1-14,20H,15H2,(H,24,26)(H,25,27). The minimum atomic E-state index is -0.833. The van der Waals surface area contributed by atoms with Crippen molar-refractivity contribution in [3.63, 3.8) is 0 Å². The van der Waals surface area contributed by atoms with Crippen LogP contribution in [-0.4, -0.2) is 18.4 Å².